The van der Waals surface area contributed by atoms with Crippen molar-refractivity contribution in [1.82, 2.24) is 0 Å². The SMILES string of the molecule is COc1ccc([C@@H]2Cc3c(O)cc(OC)cc3[C@@H]3CCCC[C@H]23)cc1. The Morgan fingerprint density at radius 3 is 2.32 bits per heavy atom. The average Bonchev–Trinajstić information content (AvgIpc) is 2.67. The van der Waals surface area contributed by atoms with Crippen LogP contribution in [-0.4, -0.2) is 19.3 Å². The van der Waals surface area contributed by atoms with Crippen LogP contribution in [0.5, 0.6) is 17.2 Å². The zero-order valence-corrected chi connectivity index (χ0v) is 15.0. The van der Waals surface area contributed by atoms with Gasteiger partial charge in [-0.1, -0.05) is 25.0 Å². The van der Waals surface area contributed by atoms with Crippen molar-refractivity contribution in [2.24, 2.45) is 5.92 Å². The minimum atomic E-state index is 0.386. The standard InChI is InChI=1S/C22H26O3/c1-24-15-9-7-14(8-10-15)19-13-21-20(11-16(25-2)12-22(21)23)18-6-4-3-5-17(18)19/h7-12,17-19,23H,3-6,13H2,1-2H3/t17-,18+,19-/m0/s1. The number of phenolic OH excluding ortho intramolecular Hbond substituents is 1. The van der Waals surface area contributed by atoms with Gasteiger partial charge in [-0.05, 0) is 71.9 Å². The molecule has 1 fully saturated rings. The van der Waals surface area contributed by atoms with E-state index in [-0.39, 0.29) is 0 Å². The highest BCUT2D eigenvalue weighted by Gasteiger charge is 2.40. The first-order valence-electron chi connectivity index (χ1n) is 9.25. The van der Waals surface area contributed by atoms with Gasteiger partial charge in [-0.2, -0.15) is 0 Å². The summed E-state index contributed by atoms with van der Waals surface area (Å²) in [5.41, 5.74) is 3.79. The Morgan fingerprint density at radius 2 is 1.60 bits per heavy atom. The Labute approximate surface area is 149 Å². The molecule has 2 aliphatic carbocycles. The number of phenols is 1. The number of fused-ring (bicyclic) bond motifs is 3. The summed E-state index contributed by atoms with van der Waals surface area (Å²) in [5, 5.41) is 10.6. The predicted octanol–water partition coefficient (Wildman–Crippen LogP) is 5.02. The Hall–Kier alpha value is -2.16. The smallest absolute Gasteiger partial charge is 0.122 e. The van der Waals surface area contributed by atoms with Gasteiger partial charge < -0.3 is 14.6 Å². The lowest BCUT2D eigenvalue weighted by molar-refractivity contribution is 0.240. The summed E-state index contributed by atoms with van der Waals surface area (Å²) in [5.74, 6) is 3.67. The van der Waals surface area contributed by atoms with Gasteiger partial charge in [0.05, 0.1) is 14.2 Å². The van der Waals surface area contributed by atoms with E-state index in [9.17, 15) is 5.11 Å². The Morgan fingerprint density at radius 1 is 0.880 bits per heavy atom. The second kappa shape index (κ2) is 6.62. The molecule has 0 spiro atoms. The normalized spacial score (nSPS) is 25.0. The van der Waals surface area contributed by atoms with Gasteiger partial charge in [-0.15, -0.1) is 0 Å². The van der Waals surface area contributed by atoms with Gasteiger partial charge in [-0.3, -0.25) is 0 Å². The molecule has 0 radical (unpaired) electrons. The number of rotatable bonds is 3. The lowest BCUT2D eigenvalue weighted by atomic mass is 9.61. The van der Waals surface area contributed by atoms with Crippen molar-refractivity contribution in [1.29, 1.82) is 0 Å². The predicted molar refractivity (Wildman–Crippen MR) is 98.8 cm³/mol. The molecule has 3 atom stereocenters. The molecule has 0 aromatic heterocycles. The molecule has 132 valence electrons. The number of aromatic hydroxyl groups is 1. The van der Waals surface area contributed by atoms with Gasteiger partial charge in [0.1, 0.15) is 17.2 Å². The molecular formula is C22H26O3. The zero-order chi connectivity index (χ0) is 17.4. The van der Waals surface area contributed by atoms with E-state index in [2.05, 4.69) is 30.3 Å². The third kappa shape index (κ3) is 2.86. The average molecular weight is 338 g/mol. The largest absolute Gasteiger partial charge is 0.508 e. The molecule has 0 bridgehead atoms. The van der Waals surface area contributed by atoms with E-state index in [1.807, 2.05) is 0 Å². The fourth-order valence-electron chi connectivity index (χ4n) is 4.94. The topological polar surface area (TPSA) is 38.7 Å². The van der Waals surface area contributed by atoms with Crippen LogP contribution in [0.4, 0.5) is 0 Å². The van der Waals surface area contributed by atoms with Crippen molar-refractivity contribution >= 4 is 0 Å². The zero-order valence-electron chi connectivity index (χ0n) is 15.0. The van der Waals surface area contributed by atoms with Crippen LogP contribution in [0.3, 0.4) is 0 Å². The maximum Gasteiger partial charge on any atom is 0.122 e. The molecule has 2 aromatic rings. The van der Waals surface area contributed by atoms with Gasteiger partial charge >= 0.3 is 0 Å². The summed E-state index contributed by atoms with van der Waals surface area (Å²) in [6, 6.07) is 12.4. The lowest BCUT2D eigenvalue weighted by Gasteiger charge is -2.43. The molecule has 2 aliphatic rings. The van der Waals surface area contributed by atoms with E-state index >= 15 is 0 Å². The van der Waals surface area contributed by atoms with Crippen molar-refractivity contribution in [3.63, 3.8) is 0 Å². The van der Waals surface area contributed by atoms with Crippen molar-refractivity contribution in [2.45, 2.75) is 43.9 Å². The first-order chi connectivity index (χ1) is 12.2. The van der Waals surface area contributed by atoms with E-state index in [0.29, 0.717) is 23.5 Å². The molecule has 0 saturated heterocycles. The summed E-state index contributed by atoms with van der Waals surface area (Å²) < 4.78 is 10.7. The summed E-state index contributed by atoms with van der Waals surface area (Å²) in [6.45, 7) is 0. The number of hydrogen-bond donors (Lipinski definition) is 1. The Balaban J connectivity index is 1.77. The highest BCUT2D eigenvalue weighted by Crippen LogP contribution is 2.53. The molecule has 1 N–H and O–H groups in total. The van der Waals surface area contributed by atoms with E-state index in [1.54, 1.807) is 20.3 Å². The molecule has 4 rings (SSSR count). The van der Waals surface area contributed by atoms with E-state index < -0.39 is 0 Å². The van der Waals surface area contributed by atoms with Crippen LogP contribution in [-0.2, 0) is 6.42 Å². The van der Waals surface area contributed by atoms with Crippen molar-refractivity contribution in [2.75, 3.05) is 14.2 Å². The lowest BCUT2D eigenvalue weighted by Crippen LogP contribution is -2.31. The fraction of sp³-hybridized carbons (Fsp3) is 0.455. The number of hydrogen-bond acceptors (Lipinski definition) is 3. The van der Waals surface area contributed by atoms with Crippen molar-refractivity contribution < 1.29 is 14.6 Å². The third-order valence-corrected chi connectivity index (χ3v) is 6.17. The highest BCUT2D eigenvalue weighted by molar-refractivity contribution is 5.51. The first-order valence-corrected chi connectivity index (χ1v) is 9.25. The number of methoxy groups -OCH3 is 2. The fourth-order valence-corrected chi connectivity index (χ4v) is 4.94. The molecule has 3 heteroatoms. The minimum absolute atomic E-state index is 0.386. The van der Waals surface area contributed by atoms with Crippen molar-refractivity contribution in [3.05, 3.63) is 53.1 Å². The summed E-state index contributed by atoms with van der Waals surface area (Å²) in [6.07, 6.45) is 5.95. The Bertz CT molecular complexity index is 751. The van der Waals surface area contributed by atoms with Crippen LogP contribution in [0.25, 0.3) is 0 Å². The molecular weight excluding hydrogens is 312 g/mol. The molecule has 0 heterocycles. The molecule has 2 aromatic carbocycles. The first kappa shape index (κ1) is 16.3. The van der Waals surface area contributed by atoms with Crippen LogP contribution in [0.1, 0.15) is 54.2 Å². The molecule has 0 amide bonds. The van der Waals surface area contributed by atoms with Crippen LogP contribution in [0.15, 0.2) is 36.4 Å². The maximum absolute atomic E-state index is 10.6. The van der Waals surface area contributed by atoms with Gasteiger partial charge in [0, 0.05) is 6.07 Å². The Kier molecular flexibility index (Phi) is 4.32. The molecule has 3 nitrogen and oxygen atoms in total. The molecule has 0 aliphatic heterocycles. The monoisotopic (exact) mass is 338 g/mol. The molecule has 1 saturated carbocycles. The quantitative estimate of drug-likeness (QED) is 0.854. The van der Waals surface area contributed by atoms with E-state index in [1.165, 1.54) is 36.8 Å². The summed E-state index contributed by atoms with van der Waals surface area (Å²) >= 11 is 0. The summed E-state index contributed by atoms with van der Waals surface area (Å²) in [4.78, 5) is 0. The second-order valence-corrected chi connectivity index (χ2v) is 7.35. The second-order valence-electron chi connectivity index (χ2n) is 7.35. The van der Waals surface area contributed by atoms with Gasteiger partial charge in [0.25, 0.3) is 0 Å². The van der Waals surface area contributed by atoms with Crippen molar-refractivity contribution in [3.8, 4) is 17.2 Å². The highest BCUT2D eigenvalue weighted by atomic mass is 16.5. The van der Waals surface area contributed by atoms with Crippen LogP contribution < -0.4 is 9.47 Å². The minimum Gasteiger partial charge on any atom is -0.508 e. The van der Waals surface area contributed by atoms with Gasteiger partial charge in [-0.25, -0.2) is 0 Å². The number of ether oxygens (including phenoxy) is 2. The van der Waals surface area contributed by atoms with Crippen LogP contribution in [0, 0.1) is 5.92 Å². The van der Waals surface area contributed by atoms with Crippen LogP contribution in [0.2, 0.25) is 0 Å². The van der Waals surface area contributed by atoms with E-state index in [0.717, 1.165) is 23.5 Å². The molecule has 25 heavy (non-hydrogen) atoms. The third-order valence-electron chi connectivity index (χ3n) is 6.17. The van der Waals surface area contributed by atoms with Crippen LogP contribution >= 0.6 is 0 Å². The van der Waals surface area contributed by atoms with Gasteiger partial charge in [0.2, 0.25) is 0 Å². The van der Waals surface area contributed by atoms with E-state index in [4.69, 9.17) is 9.47 Å². The summed E-state index contributed by atoms with van der Waals surface area (Å²) in [7, 11) is 3.37. The number of benzene rings is 2. The molecule has 0 unspecified atom stereocenters. The van der Waals surface area contributed by atoms with Gasteiger partial charge in [0.15, 0.2) is 0 Å². The maximum atomic E-state index is 10.6.